The van der Waals surface area contributed by atoms with E-state index in [1.54, 1.807) is 6.20 Å². The van der Waals surface area contributed by atoms with Crippen LogP contribution >= 0.6 is 0 Å². The highest BCUT2D eigenvalue weighted by Crippen LogP contribution is 2.36. The van der Waals surface area contributed by atoms with Crippen molar-refractivity contribution in [3.05, 3.63) is 29.6 Å². The molecule has 1 aromatic heterocycles. The smallest absolute Gasteiger partial charge is 0.0593 e. The number of aliphatic hydroxyl groups excluding tert-OH is 2. The van der Waals surface area contributed by atoms with Gasteiger partial charge in [-0.15, -0.1) is 0 Å². The van der Waals surface area contributed by atoms with Crippen LogP contribution in [0, 0.1) is 0 Å². The SMILES string of the molecule is OCC1(CO)CCc2cccnc21. The lowest BCUT2D eigenvalue weighted by atomic mass is 9.87. The minimum Gasteiger partial charge on any atom is -0.395 e. The monoisotopic (exact) mass is 179 g/mol. The Morgan fingerprint density at radius 2 is 2.15 bits per heavy atom. The Labute approximate surface area is 77.1 Å². The van der Waals surface area contributed by atoms with Gasteiger partial charge in [0.2, 0.25) is 0 Å². The lowest BCUT2D eigenvalue weighted by Crippen LogP contribution is -2.32. The first-order valence-electron chi connectivity index (χ1n) is 4.48. The molecule has 0 unspecified atom stereocenters. The molecule has 0 aromatic carbocycles. The zero-order valence-electron chi connectivity index (χ0n) is 7.40. The van der Waals surface area contributed by atoms with Gasteiger partial charge in [0.05, 0.1) is 24.3 Å². The lowest BCUT2D eigenvalue weighted by molar-refractivity contribution is 0.114. The zero-order valence-corrected chi connectivity index (χ0v) is 7.40. The van der Waals surface area contributed by atoms with Crippen molar-refractivity contribution in [1.82, 2.24) is 4.98 Å². The van der Waals surface area contributed by atoms with Gasteiger partial charge in [-0.25, -0.2) is 0 Å². The molecule has 0 saturated heterocycles. The average molecular weight is 179 g/mol. The molecular formula is C10H13NO2. The summed E-state index contributed by atoms with van der Waals surface area (Å²) >= 11 is 0. The van der Waals surface area contributed by atoms with E-state index in [0.717, 1.165) is 24.1 Å². The second-order valence-corrected chi connectivity index (χ2v) is 3.61. The fraction of sp³-hybridized carbons (Fsp3) is 0.500. The molecule has 1 aromatic rings. The van der Waals surface area contributed by atoms with E-state index in [-0.39, 0.29) is 13.2 Å². The van der Waals surface area contributed by atoms with Crippen molar-refractivity contribution in [1.29, 1.82) is 0 Å². The number of rotatable bonds is 2. The van der Waals surface area contributed by atoms with E-state index in [2.05, 4.69) is 4.98 Å². The summed E-state index contributed by atoms with van der Waals surface area (Å²) < 4.78 is 0. The molecule has 0 radical (unpaired) electrons. The Kier molecular flexibility index (Phi) is 2.06. The third-order valence-corrected chi connectivity index (χ3v) is 2.87. The van der Waals surface area contributed by atoms with E-state index in [1.165, 1.54) is 0 Å². The second-order valence-electron chi connectivity index (χ2n) is 3.61. The predicted molar refractivity (Wildman–Crippen MR) is 48.4 cm³/mol. The number of fused-ring (bicyclic) bond motifs is 1. The van der Waals surface area contributed by atoms with Gasteiger partial charge in [-0.2, -0.15) is 0 Å². The quantitative estimate of drug-likeness (QED) is 0.684. The molecule has 0 aliphatic heterocycles. The van der Waals surface area contributed by atoms with Crippen molar-refractivity contribution < 1.29 is 10.2 Å². The van der Waals surface area contributed by atoms with Gasteiger partial charge in [-0.3, -0.25) is 4.98 Å². The molecule has 0 amide bonds. The summed E-state index contributed by atoms with van der Waals surface area (Å²) in [5, 5.41) is 18.5. The maximum Gasteiger partial charge on any atom is 0.0593 e. The Balaban J connectivity index is 2.47. The highest BCUT2D eigenvalue weighted by atomic mass is 16.3. The van der Waals surface area contributed by atoms with Gasteiger partial charge in [0.15, 0.2) is 0 Å². The molecule has 1 heterocycles. The highest BCUT2D eigenvalue weighted by Gasteiger charge is 2.38. The Hall–Kier alpha value is -0.930. The van der Waals surface area contributed by atoms with Crippen LogP contribution in [0.2, 0.25) is 0 Å². The second kappa shape index (κ2) is 3.09. The van der Waals surface area contributed by atoms with Crippen LogP contribution in [0.25, 0.3) is 0 Å². The normalized spacial score (nSPS) is 18.6. The van der Waals surface area contributed by atoms with E-state index in [9.17, 15) is 10.2 Å². The number of aliphatic hydroxyl groups is 2. The standard InChI is InChI=1S/C10H13NO2/c12-6-10(7-13)4-3-8-2-1-5-11-9(8)10/h1-2,5,12-13H,3-4,6-7H2. The summed E-state index contributed by atoms with van der Waals surface area (Å²) in [6.45, 7) is -0.0406. The molecule has 1 aliphatic rings. The van der Waals surface area contributed by atoms with Gasteiger partial charge in [0.25, 0.3) is 0 Å². The summed E-state index contributed by atoms with van der Waals surface area (Å²) in [7, 11) is 0. The van der Waals surface area contributed by atoms with Crippen LogP contribution in [0.1, 0.15) is 17.7 Å². The number of hydrogen-bond acceptors (Lipinski definition) is 3. The fourth-order valence-corrected chi connectivity index (χ4v) is 1.97. The van der Waals surface area contributed by atoms with Crippen LogP contribution < -0.4 is 0 Å². The van der Waals surface area contributed by atoms with Gasteiger partial charge in [-0.1, -0.05) is 6.07 Å². The van der Waals surface area contributed by atoms with Crippen LogP contribution in [-0.2, 0) is 11.8 Å². The predicted octanol–water partition coefficient (Wildman–Crippen LogP) is 0.250. The molecule has 0 spiro atoms. The number of aromatic nitrogens is 1. The van der Waals surface area contributed by atoms with Crippen LogP contribution in [0.3, 0.4) is 0 Å². The number of aryl methyl sites for hydroxylation is 1. The third-order valence-electron chi connectivity index (χ3n) is 2.87. The van der Waals surface area contributed by atoms with Gasteiger partial charge >= 0.3 is 0 Å². The van der Waals surface area contributed by atoms with Gasteiger partial charge < -0.3 is 10.2 Å². The Morgan fingerprint density at radius 1 is 1.38 bits per heavy atom. The molecule has 3 heteroatoms. The van der Waals surface area contributed by atoms with Crippen LogP contribution in [0.4, 0.5) is 0 Å². The summed E-state index contributed by atoms with van der Waals surface area (Å²) in [5.74, 6) is 0. The molecule has 1 aliphatic carbocycles. The topological polar surface area (TPSA) is 53.4 Å². The highest BCUT2D eigenvalue weighted by molar-refractivity contribution is 5.33. The summed E-state index contributed by atoms with van der Waals surface area (Å²) in [6.07, 6.45) is 3.42. The molecule has 70 valence electrons. The first-order valence-corrected chi connectivity index (χ1v) is 4.48. The van der Waals surface area contributed by atoms with Crippen molar-refractivity contribution in [3.63, 3.8) is 0 Å². The molecule has 0 atom stereocenters. The van der Waals surface area contributed by atoms with Crippen molar-refractivity contribution in [3.8, 4) is 0 Å². The van der Waals surface area contributed by atoms with E-state index >= 15 is 0 Å². The molecular weight excluding hydrogens is 166 g/mol. The first kappa shape index (κ1) is 8.66. The average Bonchev–Trinajstić information content (AvgIpc) is 2.58. The first-order chi connectivity index (χ1) is 6.32. The minimum atomic E-state index is -0.489. The molecule has 13 heavy (non-hydrogen) atoms. The van der Waals surface area contributed by atoms with E-state index in [0.29, 0.717) is 0 Å². The largest absolute Gasteiger partial charge is 0.395 e. The van der Waals surface area contributed by atoms with Crippen molar-refractivity contribution >= 4 is 0 Å². The Morgan fingerprint density at radius 3 is 2.85 bits per heavy atom. The fourth-order valence-electron chi connectivity index (χ4n) is 1.97. The maximum absolute atomic E-state index is 9.26. The van der Waals surface area contributed by atoms with Crippen molar-refractivity contribution in [2.24, 2.45) is 0 Å². The molecule has 0 saturated carbocycles. The third kappa shape index (κ3) is 1.16. The Bertz CT molecular complexity index is 308. The van der Waals surface area contributed by atoms with E-state index in [1.807, 2.05) is 12.1 Å². The zero-order chi connectivity index (χ0) is 9.31. The molecule has 3 nitrogen and oxygen atoms in total. The van der Waals surface area contributed by atoms with Crippen molar-refractivity contribution in [2.45, 2.75) is 18.3 Å². The summed E-state index contributed by atoms with van der Waals surface area (Å²) in [4.78, 5) is 4.23. The summed E-state index contributed by atoms with van der Waals surface area (Å²) in [6, 6.07) is 3.90. The van der Waals surface area contributed by atoms with Gasteiger partial charge in [0.1, 0.15) is 0 Å². The van der Waals surface area contributed by atoms with Gasteiger partial charge in [0, 0.05) is 6.20 Å². The van der Waals surface area contributed by atoms with Gasteiger partial charge in [-0.05, 0) is 24.5 Å². The number of nitrogens with zero attached hydrogens (tertiary/aromatic N) is 1. The van der Waals surface area contributed by atoms with Crippen LogP contribution in [-0.4, -0.2) is 28.4 Å². The molecule has 2 rings (SSSR count). The van der Waals surface area contributed by atoms with Crippen LogP contribution in [0.15, 0.2) is 18.3 Å². The van der Waals surface area contributed by atoms with E-state index in [4.69, 9.17) is 0 Å². The maximum atomic E-state index is 9.26. The molecule has 2 N–H and O–H groups in total. The molecule has 0 fully saturated rings. The number of hydrogen-bond donors (Lipinski definition) is 2. The molecule has 0 bridgehead atoms. The van der Waals surface area contributed by atoms with E-state index < -0.39 is 5.41 Å². The summed E-state index contributed by atoms with van der Waals surface area (Å²) in [5.41, 5.74) is 1.54. The van der Waals surface area contributed by atoms with Crippen LogP contribution in [0.5, 0.6) is 0 Å². The van der Waals surface area contributed by atoms with Crippen molar-refractivity contribution in [2.75, 3.05) is 13.2 Å². The lowest BCUT2D eigenvalue weighted by Gasteiger charge is -2.23. The minimum absolute atomic E-state index is 0.0203. The number of pyridine rings is 1.